The van der Waals surface area contributed by atoms with Crippen LogP contribution in [0, 0.1) is 0 Å². The van der Waals surface area contributed by atoms with Crippen molar-refractivity contribution in [3.05, 3.63) is 63.7 Å². The zero-order chi connectivity index (χ0) is 23.3. The van der Waals surface area contributed by atoms with Gasteiger partial charge in [-0.2, -0.15) is 13.2 Å². The molecular weight excluding hydrogens is 461 g/mol. The predicted octanol–water partition coefficient (Wildman–Crippen LogP) is 5.40. The normalized spacial score (nSPS) is 16.1. The number of rotatable bonds is 7. The second-order valence-electron chi connectivity index (χ2n) is 7.78. The van der Waals surface area contributed by atoms with Crippen molar-refractivity contribution >= 4 is 28.7 Å². The fourth-order valence-corrected chi connectivity index (χ4v) is 4.97. The SMILES string of the molecule is CC[S+]([O-])c1ccc(Cl)cc1CNC(=O)c1ccc(CN2CCCCC2)c(C(F)(F)F)c1. The van der Waals surface area contributed by atoms with Gasteiger partial charge in [0, 0.05) is 29.2 Å². The maximum atomic E-state index is 13.7. The van der Waals surface area contributed by atoms with E-state index >= 15 is 0 Å². The van der Waals surface area contributed by atoms with Gasteiger partial charge in [-0.05, 0) is 79.9 Å². The van der Waals surface area contributed by atoms with Crippen LogP contribution in [0.2, 0.25) is 5.02 Å². The molecule has 1 aliphatic heterocycles. The molecule has 0 bridgehead atoms. The number of halogens is 4. The molecular formula is C23H26ClF3N2O2S. The van der Waals surface area contributed by atoms with E-state index in [0.717, 1.165) is 38.4 Å². The Hall–Kier alpha value is -1.74. The van der Waals surface area contributed by atoms with Gasteiger partial charge >= 0.3 is 6.18 Å². The highest BCUT2D eigenvalue weighted by molar-refractivity contribution is 7.91. The minimum absolute atomic E-state index is 0.0113. The van der Waals surface area contributed by atoms with Gasteiger partial charge in [0.05, 0.1) is 5.56 Å². The van der Waals surface area contributed by atoms with Crippen LogP contribution in [-0.2, 0) is 30.4 Å². The number of hydrogen-bond donors (Lipinski definition) is 1. The van der Waals surface area contributed by atoms with E-state index < -0.39 is 28.8 Å². The molecule has 1 fully saturated rings. The Morgan fingerprint density at radius 2 is 1.84 bits per heavy atom. The summed E-state index contributed by atoms with van der Waals surface area (Å²) in [7, 11) is 0. The molecule has 0 aromatic heterocycles. The second-order valence-corrected chi connectivity index (χ2v) is 9.92. The number of hydrogen-bond acceptors (Lipinski definition) is 3. The van der Waals surface area contributed by atoms with Crippen LogP contribution in [0.3, 0.4) is 0 Å². The lowest BCUT2D eigenvalue weighted by Crippen LogP contribution is -2.30. The summed E-state index contributed by atoms with van der Waals surface area (Å²) in [4.78, 5) is 15.2. The first kappa shape index (κ1) is 24.9. The highest BCUT2D eigenvalue weighted by Gasteiger charge is 2.34. The molecule has 1 aliphatic rings. The molecule has 1 unspecified atom stereocenters. The van der Waals surface area contributed by atoms with Gasteiger partial charge in [-0.25, -0.2) is 0 Å². The van der Waals surface area contributed by atoms with Crippen LogP contribution < -0.4 is 5.32 Å². The van der Waals surface area contributed by atoms with Gasteiger partial charge < -0.3 is 9.87 Å². The summed E-state index contributed by atoms with van der Waals surface area (Å²) >= 11 is 4.77. The largest absolute Gasteiger partial charge is 0.611 e. The minimum Gasteiger partial charge on any atom is -0.611 e. The molecule has 1 heterocycles. The van der Waals surface area contributed by atoms with Crippen LogP contribution in [0.25, 0.3) is 0 Å². The molecule has 1 N–H and O–H groups in total. The monoisotopic (exact) mass is 486 g/mol. The first-order valence-corrected chi connectivity index (χ1v) is 12.3. The maximum absolute atomic E-state index is 13.7. The van der Waals surface area contributed by atoms with E-state index in [-0.39, 0.29) is 24.2 Å². The van der Waals surface area contributed by atoms with Gasteiger partial charge in [-0.15, -0.1) is 0 Å². The third-order valence-corrected chi connectivity index (χ3v) is 7.14. The summed E-state index contributed by atoms with van der Waals surface area (Å²) in [6.07, 6.45) is -1.49. The number of likely N-dealkylation sites (tertiary alicyclic amines) is 1. The average molecular weight is 487 g/mol. The predicted molar refractivity (Wildman–Crippen MR) is 120 cm³/mol. The van der Waals surface area contributed by atoms with Crippen LogP contribution in [0.4, 0.5) is 13.2 Å². The van der Waals surface area contributed by atoms with Crippen molar-refractivity contribution in [1.82, 2.24) is 10.2 Å². The molecule has 3 rings (SSSR count). The van der Waals surface area contributed by atoms with Gasteiger partial charge in [-0.1, -0.05) is 24.1 Å². The molecule has 0 radical (unpaired) electrons. The molecule has 9 heteroatoms. The molecule has 2 aromatic rings. The van der Waals surface area contributed by atoms with Crippen molar-refractivity contribution in [1.29, 1.82) is 0 Å². The van der Waals surface area contributed by atoms with E-state index in [4.69, 9.17) is 11.6 Å². The van der Waals surface area contributed by atoms with Crippen molar-refractivity contribution in [2.45, 2.75) is 50.3 Å². The summed E-state index contributed by atoms with van der Waals surface area (Å²) in [6.45, 7) is 3.56. The van der Waals surface area contributed by atoms with Gasteiger partial charge in [0.25, 0.3) is 5.91 Å². The molecule has 1 amide bonds. The smallest absolute Gasteiger partial charge is 0.416 e. The van der Waals surface area contributed by atoms with E-state index in [9.17, 15) is 22.5 Å². The lowest BCUT2D eigenvalue weighted by molar-refractivity contribution is -0.138. The lowest BCUT2D eigenvalue weighted by Gasteiger charge is -2.27. The van der Waals surface area contributed by atoms with Gasteiger partial charge in [0.15, 0.2) is 4.90 Å². The number of nitrogens with zero attached hydrogens (tertiary/aromatic N) is 1. The van der Waals surface area contributed by atoms with Crippen LogP contribution >= 0.6 is 11.6 Å². The zero-order valence-electron chi connectivity index (χ0n) is 17.8. The van der Waals surface area contributed by atoms with E-state index in [0.29, 0.717) is 21.2 Å². The molecule has 0 saturated carbocycles. The van der Waals surface area contributed by atoms with Crippen LogP contribution in [0.15, 0.2) is 41.3 Å². The fourth-order valence-electron chi connectivity index (χ4n) is 3.82. The summed E-state index contributed by atoms with van der Waals surface area (Å²) in [5.74, 6) is -0.232. The van der Waals surface area contributed by atoms with Crippen molar-refractivity contribution in [2.24, 2.45) is 0 Å². The Morgan fingerprint density at radius 3 is 2.50 bits per heavy atom. The number of nitrogens with one attached hydrogen (secondary N) is 1. The Morgan fingerprint density at radius 1 is 1.12 bits per heavy atom. The van der Waals surface area contributed by atoms with E-state index in [2.05, 4.69) is 5.32 Å². The van der Waals surface area contributed by atoms with Crippen LogP contribution in [0.1, 0.15) is 53.2 Å². The number of alkyl halides is 3. The standard InChI is InChI=1S/C23H26ClF3N2O2S/c1-2-32(31)21-9-8-19(24)12-18(21)14-28-22(30)16-6-7-17(20(13-16)23(25,26)27)15-29-10-4-3-5-11-29/h6-9,12-13H,2-5,10-11,14-15H2,1H3,(H,28,30). The first-order chi connectivity index (χ1) is 15.2. The molecule has 0 aliphatic carbocycles. The van der Waals surface area contributed by atoms with Gasteiger partial charge in [-0.3, -0.25) is 9.69 Å². The summed E-state index contributed by atoms with van der Waals surface area (Å²) < 4.78 is 53.4. The van der Waals surface area contributed by atoms with Crippen LogP contribution in [0.5, 0.6) is 0 Å². The Labute approximate surface area is 194 Å². The number of carbonyl (C=O) groups excluding carboxylic acids is 1. The maximum Gasteiger partial charge on any atom is 0.416 e. The first-order valence-electron chi connectivity index (χ1n) is 10.6. The van der Waals surface area contributed by atoms with Crippen molar-refractivity contribution in [3.8, 4) is 0 Å². The fraction of sp³-hybridized carbons (Fsp3) is 0.435. The molecule has 4 nitrogen and oxygen atoms in total. The Balaban J connectivity index is 1.78. The average Bonchev–Trinajstić information content (AvgIpc) is 2.77. The van der Waals surface area contributed by atoms with Crippen molar-refractivity contribution in [2.75, 3.05) is 18.8 Å². The van der Waals surface area contributed by atoms with Gasteiger partial charge in [0.1, 0.15) is 5.75 Å². The molecule has 1 saturated heterocycles. The third kappa shape index (κ3) is 6.41. The van der Waals surface area contributed by atoms with Crippen molar-refractivity contribution < 1.29 is 22.5 Å². The number of amides is 1. The summed E-state index contributed by atoms with van der Waals surface area (Å²) in [5.41, 5.74) is -0.110. The molecule has 32 heavy (non-hydrogen) atoms. The van der Waals surface area contributed by atoms with Crippen LogP contribution in [-0.4, -0.2) is 34.2 Å². The topological polar surface area (TPSA) is 55.4 Å². The van der Waals surface area contributed by atoms with E-state index in [1.807, 2.05) is 4.90 Å². The number of carbonyl (C=O) groups is 1. The third-order valence-electron chi connectivity index (χ3n) is 5.49. The molecule has 1 atom stereocenters. The zero-order valence-corrected chi connectivity index (χ0v) is 19.4. The molecule has 2 aromatic carbocycles. The van der Waals surface area contributed by atoms with Gasteiger partial charge in [0.2, 0.25) is 0 Å². The van der Waals surface area contributed by atoms with E-state index in [1.165, 1.54) is 12.1 Å². The minimum atomic E-state index is -4.56. The molecule has 174 valence electrons. The Kier molecular flexibility index (Phi) is 8.49. The highest BCUT2D eigenvalue weighted by atomic mass is 35.5. The number of benzene rings is 2. The summed E-state index contributed by atoms with van der Waals surface area (Å²) in [5, 5.41) is 3.06. The second kappa shape index (κ2) is 10.9. The quantitative estimate of drug-likeness (QED) is 0.533. The highest BCUT2D eigenvalue weighted by Crippen LogP contribution is 2.34. The van der Waals surface area contributed by atoms with Crippen molar-refractivity contribution in [3.63, 3.8) is 0 Å². The lowest BCUT2D eigenvalue weighted by atomic mass is 10.0. The Bertz CT molecular complexity index is 949. The molecule has 0 spiro atoms. The summed E-state index contributed by atoms with van der Waals surface area (Å²) in [6, 6.07) is 8.59. The van der Waals surface area contributed by atoms with E-state index in [1.54, 1.807) is 25.1 Å². The number of piperidine rings is 1.